The minimum absolute atomic E-state index is 0. The van der Waals surface area contributed by atoms with Gasteiger partial charge in [0.15, 0.2) is 0 Å². The van der Waals surface area contributed by atoms with Crippen LogP contribution < -0.4 is 0 Å². The molecule has 0 saturated carbocycles. The smallest absolute Gasteiger partial charge is 0.412 e. The van der Waals surface area contributed by atoms with Crippen LogP contribution in [-0.2, 0) is 24.0 Å². The van der Waals surface area contributed by atoms with Crippen molar-refractivity contribution in [1.82, 2.24) is 0 Å². The van der Waals surface area contributed by atoms with Crippen molar-refractivity contribution in [3.63, 3.8) is 0 Å². The molecule has 0 atom stereocenters. The second kappa shape index (κ2) is 4.84. The summed E-state index contributed by atoms with van der Waals surface area (Å²) >= 11 is 0. The van der Waals surface area contributed by atoms with Crippen molar-refractivity contribution >= 4 is 7.82 Å². The van der Waals surface area contributed by atoms with Crippen molar-refractivity contribution in [2.24, 2.45) is 0 Å². The van der Waals surface area contributed by atoms with Crippen LogP contribution in [0, 0.1) is 0 Å². The predicted octanol–water partition coefficient (Wildman–Crippen LogP) is -1.76. The fourth-order valence-electron chi connectivity index (χ4n) is 0. The summed E-state index contributed by atoms with van der Waals surface area (Å²) in [7, 11) is -4.64. The molecule has 7 heteroatoms. The fourth-order valence-corrected chi connectivity index (χ4v) is 0. The standard InChI is InChI=1S/H3O4P.H2O.Zn/c1-5(2,3)4;;/h(H3,1,2,3,4);1H2;. The molecule has 0 aromatic rings. The Bertz CT molecular complexity index is 54.2. The maximum Gasteiger partial charge on any atom is 0.466 e. The van der Waals surface area contributed by atoms with Crippen LogP contribution in [0.25, 0.3) is 0 Å². The largest absolute Gasteiger partial charge is 0.466 e. The number of hydrogen-bond acceptors (Lipinski definition) is 1. The first-order valence-corrected chi connectivity index (χ1v) is 2.35. The van der Waals surface area contributed by atoms with Crippen LogP contribution in [0.3, 0.4) is 0 Å². The summed E-state index contributed by atoms with van der Waals surface area (Å²) < 4.78 is 8.88. The molecule has 0 rings (SSSR count). The Labute approximate surface area is 52.7 Å². The van der Waals surface area contributed by atoms with Gasteiger partial charge in [-0.25, -0.2) is 4.57 Å². The van der Waals surface area contributed by atoms with E-state index >= 15 is 0 Å². The molecule has 5 N–H and O–H groups in total. The van der Waals surface area contributed by atoms with Crippen LogP contribution in [0.15, 0.2) is 0 Å². The molecule has 0 amide bonds. The zero-order valence-electron chi connectivity index (χ0n) is 3.40. The molecule has 0 aromatic carbocycles. The SMILES string of the molecule is O.O=P(O)(O)O.[Zn]. The topological polar surface area (TPSA) is 109 Å². The minimum atomic E-state index is -4.64. The Morgan fingerprint density at radius 2 is 1.14 bits per heavy atom. The Morgan fingerprint density at radius 3 is 1.14 bits per heavy atom. The van der Waals surface area contributed by atoms with E-state index in [4.69, 9.17) is 19.2 Å². The Balaban J connectivity index is -0.0000000800. The van der Waals surface area contributed by atoms with E-state index in [0.717, 1.165) is 0 Å². The van der Waals surface area contributed by atoms with Gasteiger partial charge in [-0.1, -0.05) is 0 Å². The van der Waals surface area contributed by atoms with Crippen molar-refractivity contribution in [2.45, 2.75) is 0 Å². The molecular formula is H5O5PZn. The van der Waals surface area contributed by atoms with E-state index in [-0.39, 0.29) is 25.0 Å². The molecule has 7 heavy (non-hydrogen) atoms. The summed E-state index contributed by atoms with van der Waals surface area (Å²) in [5, 5.41) is 0. The molecule has 5 nitrogen and oxygen atoms in total. The van der Waals surface area contributed by atoms with Crippen molar-refractivity contribution in [1.29, 1.82) is 0 Å². The van der Waals surface area contributed by atoms with Gasteiger partial charge in [-0.15, -0.1) is 0 Å². The third-order valence-electron chi connectivity index (χ3n) is 0. The fraction of sp³-hybridized carbons (Fsp3) is 0. The van der Waals surface area contributed by atoms with Gasteiger partial charge in [0.1, 0.15) is 0 Å². The van der Waals surface area contributed by atoms with Crippen LogP contribution in [0.4, 0.5) is 0 Å². The van der Waals surface area contributed by atoms with E-state index in [1.807, 2.05) is 0 Å². The minimum Gasteiger partial charge on any atom is -0.412 e. The molecule has 0 aliphatic carbocycles. The molecule has 0 saturated heterocycles. The second-order valence-electron chi connectivity index (χ2n) is 0.513. The first kappa shape index (κ1) is 15.6. The molecule has 0 fully saturated rings. The molecule has 0 unspecified atom stereocenters. The zero-order valence-corrected chi connectivity index (χ0v) is 7.27. The molecule has 0 aromatic heterocycles. The first-order valence-electron chi connectivity index (χ1n) is 0.783. The van der Waals surface area contributed by atoms with E-state index in [1.165, 1.54) is 0 Å². The molecular weight excluding hydrogens is 176 g/mol. The molecule has 0 aliphatic rings. The van der Waals surface area contributed by atoms with Crippen molar-refractivity contribution in [3.8, 4) is 0 Å². The summed E-state index contributed by atoms with van der Waals surface area (Å²) in [6, 6.07) is 0. The Morgan fingerprint density at radius 1 is 1.14 bits per heavy atom. The van der Waals surface area contributed by atoms with Gasteiger partial charge in [0.05, 0.1) is 0 Å². The molecule has 0 radical (unpaired) electrons. The van der Waals surface area contributed by atoms with Crippen LogP contribution in [0.2, 0.25) is 0 Å². The average Bonchev–Trinajstić information content (AvgIpc) is 0.722. The molecule has 0 spiro atoms. The van der Waals surface area contributed by atoms with E-state index in [1.54, 1.807) is 0 Å². The van der Waals surface area contributed by atoms with Gasteiger partial charge in [0.2, 0.25) is 0 Å². The Kier molecular flexibility index (Phi) is 10.8. The summed E-state index contributed by atoms with van der Waals surface area (Å²) in [4.78, 5) is 21.6. The van der Waals surface area contributed by atoms with Gasteiger partial charge in [0, 0.05) is 19.5 Å². The summed E-state index contributed by atoms with van der Waals surface area (Å²) in [6.45, 7) is 0. The third kappa shape index (κ3) is 307. The molecule has 0 aliphatic heterocycles. The van der Waals surface area contributed by atoms with Crippen molar-refractivity contribution in [2.75, 3.05) is 0 Å². The van der Waals surface area contributed by atoms with Gasteiger partial charge in [0.25, 0.3) is 0 Å². The van der Waals surface area contributed by atoms with Crippen LogP contribution >= 0.6 is 7.82 Å². The van der Waals surface area contributed by atoms with Crippen molar-refractivity contribution < 1.29 is 44.2 Å². The van der Waals surface area contributed by atoms with E-state index in [2.05, 4.69) is 0 Å². The second-order valence-corrected chi connectivity index (χ2v) is 1.54. The molecule has 42 valence electrons. The number of phosphoric acid groups is 1. The maximum absolute atomic E-state index is 8.88. The van der Waals surface area contributed by atoms with Gasteiger partial charge in [-0.05, 0) is 0 Å². The summed E-state index contributed by atoms with van der Waals surface area (Å²) in [6.07, 6.45) is 0. The number of rotatable bonds is 0. The Hall–Kier alpha value is 0.693. The van der Waals surface area contributed by atoms with Gasteiger partial charge < -0.3 is 20.2 Å². The maximum atomic E-state index is 8.88. The average molecular weight is 181 g/mol. The molecule has 0 heterocycles. The zero-order chi connectivity index (χ0) is 4.50. The van der Waals surface area contributed by atoms with E-state index in [9.17, 15) is 0 Å². The van der Waals surface area contributed by atoms with Gasteiger partial charge in [-0.3, -0.25) is 0 Å². The van der Waals surface area contributed by atoms with Crippen LogP contribution in [-0.4, -0.2) is 20.2 Å². The molecule has 0 bridgehead atoms. The van der Waals surface area contributed by atoms with Crippen LogP contribution in [0.1, 0.15) is 0 Å². The van der Waals surface area contributed by atoms with Crippen molar-refractivity contribution in [3.05, 3.63) is 0 Å². The normalized spacial score (nSPS) is 8.43. The van der Waals surface area contributed by atoms with Crippen LogP contribution in [0.5, 0.6) is 0 Å². The van der Waals surface area contributed by atoms with Gasteiger partial charge in [-0.2, -0.15) is 0 Å². The third-order valence-corrected chi connectivity index (χ3v) is 0. The quantitative estimate of drug-likeness (QED) is 0.304. The summed E-state index contributed by atoms with van der Waals surface area (Å²) in [5.74, 6) is 0. The van der Waals surface area contributed by atoms with Gasteiger partial charge >= 0.3 is 7.82 Å². The van der Waals surface area contributed by atoms with E-state index in [0.29, 0.717) is 0 Å². The van der Waals surface area contributed by atoms with E-state index < -0.39 is 7.82 Å². The predicted molar refractivity (Wildman–Crippen MR) is 17.9 cm³/mol. The summed E-state index contributed by atoms with van der Waals surface area (Å²) in [5.41, 5.74) is 0. The number of hydrogen-bond donors (Lipinski definition) is 3. The monoisotopic (exact) mass is 180 g/mol. The first-order chi connectivity index (χ1) is 2.00.